The molecule has 0 spiro atoms. The largest absolute Gasteiger partial charge is 0.396 e. The van der Waals surface area contributed by atoms with E-state index in [1.807, 2.05) is 18.7 Å². The molecular formula is C16H24FN3O. The van der Waals surface area contributed by atoms with Gasteiger partial charge in [-0.05, 0) is 62.9 Å². The molecule has 0 bridgehead atoms. The smallest absolute Gasteiger partial charge is 0.239 e. The van der Waals surface area contributed by atoms with Gasteiger partial charge in [-0.3, -0.25) is 4.79 Å². The van der Waals surface area contributed by atoms with Crippen LogP contribution in [-0.2, 0) is 4.79 Å². The van der Waals surface area contributed by atoms with Gasteiger partial charge in [0.25, 0.3) is 0 Å². The zero-order valence-corrected chi connectivity index (χ0v) is 12.9. The van der Waals surface area contributed by atoms with Crippen LogP contribution in [0.1, 0.15) is 36.8 Å². The Kier molecular flexibility index (Phi) is 4.83. The van der Waals surface area contributed by atoms with Gasteiger partial charge >= 0.3 is 0 Å². The van der Waals surface area contributed by atoms with Crippen LogP contribution >= 0.6 is 0 Å². The summed E-state index contributed by atoms with van der Waals surface area (Å²) in [5.41, 5.74) is 7.85. The maximum atomic E-state index is 13.7. The Morgan fingerprint density at radius 2 is 2.05 bits per heavy atom. The predicted molar refractivity (Wildman–Crippen MR) is 82.6 cm³/mol. The summed E-state index contributed by atoms with van der Waals surface area (Å²) in [7, 11) is 1.79. The van der Waals surface area contributed by atoms with E-state index in [0.717, 1.165) is 37.1 Å². The van der Waals surface area contributed by atoms with Crippen molar-refractivity contribution in [2.24, 2.45) is 0 Å². The van der Waals surface area contributed by atoms with E-state index < -0.39 is 0 Å². The van der Waals surface area contributed by atoms with Gasteiger partial charge in [0.1, 0.15) is 5.82 Å². The van der Waals surface area contributed by atoms with Crippen molar-refractivity contribution in [3.8, 4) is 0 Å². The van der Waals surface area contributed by atoms with Crippen LogP contribution in [0.15, 0.2) is 12.1 Å². The van der Waals surface area contributed by atoms with Crippen molar-refractivity contribution in [1.82, 2.24) is 10.2 Å². The average molecular weight is 293 g/mol. The van der Waals surface area contributed by atoms with Crippen LogP contribution in [0, 0.1) is 12.7 Å². The molecule has 1 unspecified atom stereocenters. The summed E-state index contributed by atoms with van der Waals surface area (Å²) in [6.07, 6.45) is 1.73. The maximum Gasteiger partial charge on any atom is 0.239 e. The number of benzene rings is 1. The van der Waals surface area contributed by atoms with Crippen LogP contribution in [0.4, 0.5) is 10.1 Å². The van der Waals surface area contributed by atoms with E-state index in [1.54, 1.807) is 19.2 Å². The summed E-state index contributed by atoms with van der Waals surface area (Å²) in [6.45, 7) is 5.28. The summed E-state index contributed by atoms with van der Waals surface area (Å²) in [6, 6.07) is 3.10. The molecule has 1 atom stereocenters. The van der Waals surface area contributed by atoms with Crippen LogP contribution in [0.5, 0.6) is 0 Å². The molecule has 1 saturated heterocycles. The highest BCUT2D eigenvalue weighted by Gasteiger charge is 2.27. The second-order valence-electron chi connectivity index (χ2n) is 5.84. The van der Waals surface area contributed by atoms with Gasteiger partial charge in [0.15, 0.2) is 0 Å². The Labute approximate surface area is 125 Å². The first-order valence-electron chi connectivity index (χ1n) is 7.45. The molecule has 1 aromatic rings. The third kappa shape index (κ3) is 3.35. The Bertz CT molecular complexity index is 524. The highest BCUT2D eigenvalue weighted by atomic mass is 19.1. The normalized spacial score (nSPS) is 17.8. The zero-order valence-electron chi connectivity index (χ0n) is 12.9. The second-order valence-corrected chi connectivity index (χ2v) is 5.84. The monoisotopic (exact) mass is 293 g/mol. The number of amides is 1. The van der Waals surface area contributed by atoms with Gasteiger partial charge in [0, 0.05) is 13.1 Å². The first kappa shape index (κ1) is 15.8. The van der Waals surface area contributed by atoms with Crippen molar-refractivity contribution >= 4 is 11.6 Å². The van der Waals surface area contributed by atoms with Crippen molar-refractivity contribution in [2.45, 2.75) is 38.6 Å². The Morgan fingerprint density at radius 1 is 1.43 bits per heavy atom. The quantitative estimate of drug-likeness (QED) is 0.838. The molecule has 116 valence electrons. The summed E-state index contributed by atoms with van der Waals surface area (Å²) < 4.78 is 13.7. The van der Waals surface area contributed by atoms with E-state index in [2.05, 4.69) is 5.32 Å². The fourth-order valence-electron chi connectivity index (χ4n) is 2.97. The Morgan fingerprint density at radius 3 is 2.62 bits per heavy atom. The topological polar surface area (TPSA) is 58.4 Å². The summed E-state index contributed by atoms with van der Waals surface area (Å²) in [4.78, 5) is 14.0. The van der Waals surface area contributed by atoms with E-state index in [4.69, 9.17) is 5.73 Å². The van der Waals surface area contributed by atoms with Crippen molar-refractivity contribution < 1.29 is 9.18 Å². The first-order valence-corrected chi connectivity index (χ1v) is 7.45. The lowest BCUT2D eigenvalue weighted by Crippen LogP contribution is -2.46. The van der Waals surface area contributed by atoms with E-state index in [0.29, 0.717) is 5.92 Å². The van der Waals surface area contributed by atoms with Crippen molar-refractivity contribution in [1.29, 1.82) is 0 Å². The summed E-state index contributed by atoms with van der Waals surface area (Å²) >= 11 is 0. The maximum absolute atomic E-state index is 13.7. The molecule has 1 aromatic carbocycles. The molecule has 2 rings (SSSR count). The molecule has 1 aliphatic rings. The van der Waals surface area contributed by atoms with Crippen LogP contribution in [0.2, 0.25) is 0 Å². The second kappa shape index (κ2) is 6.43. The molecule has 1 heterocycles. The minimum Gasteiger partial charge on any atom is -0.396 e. The Hall–Kier alpha value is -1.62. The van der Waals surface area contributed by atoms with Crippen molar-refractivity contribution in [3.05, 3.63) is 29.1 Å². The molecule has 1 aliphatic heterocycles. The number of carbonyl (C=O) groups excluding carboxylic acids is 1. The molecule has 0 saturated carbocycles. The molecule has 5 heteroatoms. The predicted octanol–water partition coefficient (Wildman–Crippen LogP) is 2.03. The number of nitrogens with zero attached hydrogens (tertiary/aromatic N) is 1. The van der Waals surface area contributed by atoms with Gasteiger partial charge in [-0.1, -0.05) is 0 Å². The molecule has 0 aromatic heterocycles. The Balaban J connectivity index is 2.04. The third-order valence-corrected chi connectivity index (χ3v) is 4.44. The van der Waals surface area contributed by atoms with Gasteiger partial charge in [0.05, 0.1) is 11.7 Å². The number of aryl methyl sites for hydroxylation is 1. The molecule has 21 heavy (non-hydrogen) atoms. The fraction of sp³-hybridized carbons (Fsp3) is 0.562. The number of rotatable bonds is 3. The van der Waals surface area contributed by atoms with Gasteiger partial charge in [-0.25, -0.2) is 4.39 Å². The highest BCUT2D eigenvalue weighted by Crippen LogP contribution is 2.32. The molecule has 3 N–H and O–H groups in total. The number of nitrogens with two attached hydrogens (primary N) is 1. The zero-order chi connectivity index (χ0) is 15.6. The molecule has 0 aliphatic carbocycles. The number of nitrogens with one attached hydrogen (secondary N) is 1. The van der Waals surface area contributed by atoms with E-state index in [1.165, 1.54) is 0 Å². The van der Waals surface area contributed by atoms with Gasteiger partial charge in [0.2, 0.25) is 5.91 Å². The first-order chi connectivity index (χ1) is 9.93. The summed E-state index contributed by atoms with van der Waals surface area (Å²) in [5.74, 6) is 0.0862. The minimum absolute atomic E-state index is 0.135. The SMILES string of the molecule is CNC(C)C(=O)N1CCC(c2cc(F)c(N)cc2C)CC1. The fourth-order valence-corrected chi connectivity index (χ4v) is 2.97. The van der Waals surface area contributed by atoms with E-state index in [9.17, 15) is 9.18 Å². The van der Waals surface area contributed by atoms with E-state index in [-0.39, 0.29) is 23.5 Å². The highest BCUT2D eigenvalue weighted by molar-refractivity contribution is 5.81. The number of halogens is 1. The lowest BCUT2D eigenvalue weighted by atomic mass is 9.86. The number of hydrogen-bond acceptors (Lipinski definition) is 3. The van der Waals surface area contributed by atoms with Crippen LogP contribution in [0.25, 0.3) is 0 Å². The van der Waals surface area contributed by atoms with Crippen LogP contribution in [0.3, 0.4) is 0 Å². The number of piperidine rings is 1. The number of likely N-dealkylation sites (N-methyl/N-ethyl adjacent to an activating group) is 1. The number of likely N-dealkylation sites (tertiary alicyclic amines) is 1. The third-order valence-electron chi connectivity index (χ3n) is 4.44. The molecule has 1 amide bonds. The van der Waals surface area contributed by atoms with Crippen molar-refractivity contribution in [2.75, 3.05) is 25.9 Å². The summed E-state index contributed by atoms with van der Waals surface area (Å²) in [5, 5.41) is 2.97. The lowest BCUT2D eigenvalue weighted by molar-refractivity contribution is -0.133. The van der Waals surface area contributed by atoms with Gasteiger partial charge < -0.3 is 16.0 Å². The van der Waals surface area contributed by atoms with Gasteiger partial charge in [-0.2, -0.15) is 0 Å². The van der Waals surface area contributed by atoms with Crippen LogP contribution < -0.4 is 11.1 Å². The number of anilines is 1. The molecule has 4 nitrogen and oxygen atoms in total. The van der Waals surface area contributed by atoms with E-state index >= 15 is 0 Å². The number of hydrogen-bond donors (Lipinski definition) is 2. The molecule has 1 fully saturated rings. The minimum atomic E-state index is -0.349. The number of nitrogen functional groups attached to an aromatic ring is 1. The average Bonchev–Trinajstić information content (AvgIpc) is 2.49. The van der Waals surface area contributed by atoms with Crippen molar-refractivity contribution in [3.63, 3.8) is 0 Å². The van der Waals surface area contributed by atoms with Crippen LogP contribution in [-0.4, -0.2) is 37.0 Å². The molecule has 0 radical (unpaired) electrons. The number of carbonyl (C=O) groups is 1. The molecular weight excluding hydrogens is 269 g/mol. The van der Waals surface area contributed by atoms with Gasteiger partial charge in [-0.15, -0.1) is 0 Å². The standard InChI is InChI=1S/C16H24FN3O/c1-10-8-15(18)14(17)9-13(10)12-4-6-20(7-5-12)16(21)11(2)19-3/h8-9,11-12,19H,4-7,18H2,1-3H3. The lowest BCUT2D eigenvalue weighted by Gasteiger charge is -2.34.